The van der Waals surface area contributed by atoms with Crippen LogP contribution in [0.3, 0.4) is 0 Å². The molecule has 4 amide bonds. The molecule has 0 spiro atoms. The molecule has 12 heteroatoms. The van der Waals surface area contributed by atoms with Crippen LogP contribution in [0.1, 0.15) is 74.0 Å². The number of nitrogens with one attached hydrogen (secondary N) is 3. The number of hydroxylamine groups is 1. The van der Waals surface area contributed by atoms with Gasteiger partial charge in [0.1, 0.15) is 5.75 Å². The van der Waals surface area contributed by atoms with Crippen LogP contribution in [0.25, 0.3) is 0 Å². The molecule has 0 radical (unpaired) electrons. The maximum absolute atomic E-state index is 13.1. The number of carbonyl (C=O) groups is 3. The van der Waals surface area contributed by atoms with Crippen LogP contribution in [0, 0.1) is 17.3 Å². The van der Waals surface area contributed by atoms with E-state index >= 15 is 0 Å². The van der Waals surface area contributed by atoms with Gasteiger partial charge in [-0.05, 0) is 84.4 Å². The topological polar surface area (TPSA) is 143 Å². The Bertz CT molecular complexity index is 1200. The van der Waals surface area contributed by atoms with Gasteiger partial charge in [-0.3, -0.25) is 14.8 Å². The second-order valence-corrected chi connectivity index (χ2v) is 11.1. The first-order valence-electron chi connectivity index (χ1n) is 12.9. The molecule has 40 heavy (non-hydrogen) atoms. The van der Waals surface area contributed by atoms with Gasteiger partial charge >= 0.3 is 12.4 Å². The third kappa shape index (κ3) is 8.60. The van der Waals surface area contributed by atoms with Crippen LogP contribution in [-0.2, 0) is 11.2 Å². The highest BCUT2D eigenvalue weighted by atomic mass is 19.4. The molecule has 6 N–H and O–H groups in total. The zero-order valence-electron chi connectivity index (χ0n) is 22.6. The fraction of sp³-hybridized carbons (Fsp3) is 0.464. The number of urea groups is 1. The lowest BCUT2D eigenvalue weighted by atomic mass is 9.68. The van der Waals surface area contributed by atoms with Gasteiger partial charge in [-0.25, -0.2) is 10.3 Å². The SMILES string of the molecule is CC(C)(C)[C@H]1CC[C@H](C(NC(=O)Nc2ccc(OC(F)(F)F)cc2)c2ccc(C(=O)NO)c(CC(N)=O)c2)CC1. The van der Waals surface area contributed by atoms with E-state index in [2.05, 4.69) is 36.1 Å². The number of rotatable bonds is 8. The Kier molecular flexibility index (Phi) is 9.67. The van der Waals surface area contributed by atoms with Crippen LogP contribution in [0.2, 0.25) is 0 Å². The third-order valence-corrected chi connectivity index (χ3v) is 7.30. The zero-order chi connectivity index (χ0) is 29.7. The van der Waals surface area contributed by atoms with Gasteiger partial charge < -0.3 is 21.1 Å². The van der Waals surface area contributed by atoms with Crippen molar-refractivity contribution in [2.75, 3.05) is 5.32 Å². The summed E-state index contributed by atoms with van der Waals surface area (Å²) in [5.74, 6) is -1.34. The van der Waals surface area contributed by atoms with Gasteiger partial charge in [0.25, 0.3) is 5.91 Å². The Balaban J connectivity index is 1.86. The lowest BCUT2D eigenvalue weighted by Gasteiger charge is -2.40. The van der Waals surface area contributed by atoms with Crippen molar-refractivity contribution in [3.63, 3.8) is 0 Å². The summed E-state index contributed by atoms with van der Waals surface area (Å²) in [4.78, 5) is 36.9. The molecule has 1 fully saturated rings. The van der Waals surface area contributed by atoms with Crippen LogP contribution < -0.4 is 26.6 Å². The highest BCUT2D eigenvalue weighted by Crippen LogP contribution is 2.43. The van der Waals surface area contributed by atoms with E-state index < -0.39 is 36.0 Å². The Labute approximate surface area is 230 Å². The third-order valence-electron chi connectivity index (χ3n) is 7.30. The molecule has 2 aromatic carbocycles. The van der Waals surface area contributed by atoms with Gasteiger partial charge in [-0.2, -0.15) is 0 Å². The molecular formula is C28H35F3N4O5. The average molecular weight is 565 g/mol. The van der Waals surface area contributed by atoms with Crippen molar-refractivity contribution in [1.29, 1.82) is 0 Å². The van der Waals surface area contributed by atoms with Crippen molar-refractivity contribution >= 4 is 23.5 Å². The molecule has 0 aliphatic heterocycles. The Hall–Kier alpha value is -3.80. The number of amides is 4. The second kappa shape index (κ2) is 12.6. The largest absolute Gasteiger partial charge is 0.573 e. The van der Waals surface area contributed by atoms with E-state index in [1.54, 1.807) is 17.6 Å². The summed E-state index contributed by atoms with van der Waals surface area (Å²) in [5, 5.41) is 14.7. The standard InChI is InChI=1S/C28H35F3N4O5/c1-27(2,3)19-7-4-16(5-8-19)24(17-6-13-22(25(37)35-39)18(14-17)15-23(32)36)34-26(38)33-20-9-11-21(12-10-20)40-28(29,30)31/h6,9-14,16,19,24,39H,4-5,7-8,15H2,1-3H3,(H2,32,36)(H,35,37)(H2,33,34,38)/t16-,19-,24?. The minimum Gasteiger partial charge on any atom is -0.406 e. The summed E-state index contributed by atoms with van der Waals surface area (Å²) >= 11 is 0. The number of halogens is 3. The minimum absolute atomic E-state index is 0.0332. The molecule has 1 atom stereocenters. The van der Waals surface area contributed by atoms with E-state index in [4.69, 9.17) is 10.9 Å². The molecular weight excluding hydrogens is 529 g/mol. The highest BCUT2D eigenvalue weighted by Gasteiger charge is 2.35. The van der Waals surface area contributed by atoms with E-state index in [0.29, 0.717) is 17.0 Å². The number of nitrogens with two attached hydrogens (primary N) is 1. The number of hydrogen-bond acceptors (Lipinski definition) is 5. The van der Waals surface area contributed by atoms with E-state index in [9.17, 15) is 27.6 Å². The number of benzene rings is 2. The Morgan fingerprint density at radius 3 is 2.17 bits per heavy atom. The molecule has 2 aromatic rings. The molecule has 218 valence electrons. The Morgan fingerprint density at radius 2 is 1.65 bits per heavy atom. The fourth-order valence-corrected chi connectivity index (χ4v) is 5.26. The molecule has 0 bridgehead atoms. The molecule has 3 rings (SSSR count). The summed E-state index contributed by atoms with van der Waals surface area (Å²) < 4.78 is 41.2. The first-order chi connectivity index (χ1) is 18.7. The van der Waals surface area contributed by atoms with Crippen LogP contribution in [0.4, 0.5) is 23.7 Å². The maximum Gasteiger partial charge on any atom is 0.573 e. The second-order valence-electron chi connectivity index (χ2n) is 11.1. The molecule has 9 nitrogen and oxygen atoms in total. The molecule has 0 aromatic heterocycles. The number of anilines is 1. The monoisotopic (exact) mass is 564 g/mol. The number of primary amides is 1. The normalized spacial score (nSPS) is 18.4. The number of hydrogen-bond donors (Lipinski definition) is 5. The summed E-state index contributed by atoms with van der Waals surface area (Å²) in [6.45, 7) is 6.60. The number of alkyl halides is 3. The predicted octanol–water partition coefficient (Wildman–Crippen LogP) is 5.45. The van der Waals surface area contributed by atoms with Crippen LogP contribution in [0.15, 0.2) is 42.5 Å². The maximum atomic E-state index is 13.1. The number of ether oxygens (including phenoxy) is 1. The van der Waals surface area contributed by atoms with Crippen molar-refractivity contribution in [2.45, 2.75) is 65.3 Å². The summed E-state index contributed by atoms with van der Waals surface area (Å²) in [6.07, 6.45) is -1.53. The minimum atomic E-state index is -4.83. The van der Waals surface area contributed by atoms with E-state index in [1.807, 2.05) is 0 Å². The van der Waals surface area contributed by atoms with Gasteiger partial charge in [0.2, 0.25) is 5.91 Å². The first kappa shape index (κ1) is 30.7. The Morgan fingerprint density at radius 1 is 1.02 bits per heavy atom. The van der Waals surface area contributed by atoms with Gasteiger partial charge in [-0.1, -0.05) is 32.9 Å². The van der Waals surface area contributed by atoms with Crippen molar-refractivity contribution in [3.8, 4) is 5.75 Å². The highest BCUT2D eigenvalue weighted by molar-refractivity contribution is 5.96. The lowest BCUT2D eigenvalue weighted by molar-refractivity contribution is -0.274. The van der Waals surface area contributed by atoms with Crippen molar-refractivity contribution in [2.24, 2.45) is 23.0 Å². The summed E-state index contributed by atoms with van der Waals surface area (Å²) in [5.41, 5.74) is 8.36. The fourth-order valence-electron chi connectivity index (χ4n) is 5.26. The van der Waals surface area contributed by atoms with Crippen LogP contribution >= 0.6 is 0 Å². The van der Waals surface area contributed by atoms with Gasteiger partial charge in [-0.15, -0.1) is 13.2 Å². The van der Waals surface area contributed by atoms with E-state index in [1.165, 1.54) is 18.2 Å². The quantitative estimate of drug-likeness (QED) is 0.214. The molecule has 0 saturated heterocycles. The average Bonchev–Trinajstić information content (AvgIpc) is 2.86. The van der Waals surface area contributed by atoms with Crippen molar-refractivity contribution in [1.82, 2.24) is 10.8 Å². The van der Waals surface area contributed by atoms with Gasteiger partial charge in [0.15, 0.2) is 0 Å². The summed E-state index contributed by atoms with van der Waals surface area (Å²) in [6, 6.07) is 8.41. The first-order valence-corrected chi connectivity index (χ1v) is 12.9. The van der Waals surface area contributed by atoms with E-state index in [0.717, 1.165) is 37.8 Å². The molecule has 1 unspecified atom stereocenters. The molecule has 1 aliphatic rings. The van der Waals surface area contributed by atoms with Crippen molar-refractivity contribution in [3.05, 3.63) is 59.2 Å². The van der Waals surface area contributed by atoms with Crippen LogP contribution in [0.5, 0.6) is 5.75 Å². The zero-order valence-corrected chi connectivity index (χ0v) is 22.6. The predicted molar refractivity (Wildman–Crippen MR) is 142 cm³/mol. The van der Waals surface area contributed by atoms with E-state index in [-0.39, 0.29) is 29.0 Å². The van der Waals surface area contributed by atoms with Crippen LogP contribution in [-0.4, -0.2) is 29.4 Å². The van der Waals surface area contributed by atoms with Crippen molar-refractivity contribution < 1.29 is 37.5 Å². The molecule has 1 saturated carbocycles. The molecule has 0 heterocycles. The van der Waals surface area contributed by atoms with Gasteiger partial charge in [0.05, 0.1) is 12.5 Å². The van der Waals surface area contributed by atoms with Gasteiger partial charge in [0, 0.05) is 11.3 Å². The lowest BCUT2D eigenvalue weighted by Crippen LogP contribution is -2.39. The smallest absolute Gasteiger partial charge is 0.406 e. The number of carbonyl (C=O) groups excluding carboxylic acids is 3. The molecule has 1 aliphatic carbocycles. The summed E-state index contributed by atoms with van der Waals surface area (Å²) in [7, 11) is 0.